The molecule has 1 N–H and O–H groups in total. The highest BCUT2D eigenvalue weighted by atomic mass is 79.9. The summed E-state index contributed by atoms with van der Waals surface area (Å²) in [4.78, 5) is 1.18. The smallest absolute Gasteiger partial charge is 0.0838 e. The summed E-state index contributed by atoms with van der Waals surface area (Å²) in [5.74, 6) is 0. The molecule has 4 heteroatoms. The van der Waals surface area contributed by atoms with Gasteiger partial charge in [-0.05, 0) is 45.8 Å². The van der Waals surface area contributed by atoms with Crippen molar-refractivity contribution >= 4 is 43.2 Å². The second-order valence-corrected chi connectivity index (χ2v) is 6.94. The van der Waals surface area contributed by atoms with Crippen LogP contribution in [0.3, 0.4) is 0 Å². The van der Waals surface area contributed by atoms with Crippen LogP contribution in [-0.2, 0) is 6.42 Å². The molecule has 0 aliphatic carbocycles. The summed E-state index contributed by atoms with van der Waals surface area (Å²) in [7, 11) is 0. The van der Waals surface area contributed by atoms with E-state index in [1.807, 2.05) is 36.4 Å². The van der Waals surface area contributed by atoms with Crippen molar-refractivity contribution in [3.05, 3.63) is 55.1 Å². The summed E-state index contributed by atoms with van der Waals surface area (Å²) in [5.41, 5.74) is 0.952. The van der Waals surface area contributed by atoms with Gasteiger partial charge in [0, 0.05) is 15.8 Å². The maximum Gasteiger partial charge on any atom is 0.0838 e. The molecule has 0 bridgehead atoms. The molecule has 0 saturated carbocycles. The Labute approximate surface area is 115 Å². The molecule has 2 aromatic rings. The average molecular weight is 362 g/mol. The van der Waals surface area contributed by atoms with Crippen LogP contribution >= 0.6 is 43.2 Å². The zero-order valence-corrected chi connectivity index (χ0v) is 12.3. The number of aliphatic hydroxyl groups is 1. The molecule has 1 nitrogen and oxygen atoms in total. The van der Waals surface area contributed by atoms with Crippen LogP contribution in [0.4, 0.5) is 0 Å². The normalized spacial score (nSPS) is 12.7. The highest BCUT2D eigenvalue weighted by Gasteiger charge is 2.09. The number of rotatable bonds is 3. The molecule has 1 atom stereocenters. The Bertz CT molecular complexity index is 464. The van der Waals surface area contributed by atoms with Crippen molar-refractivity contribution in [3.63, 3.8) is 0 Å². The zero-order valence-electron chi connectivity index (χ0n) is 8.36. The summed E-state index contributed by atoms with van der Waals surface area (Å²) in [6.45, 7) is 0. The molecule has 1 aromatic carbocycles. The molecule has 0 aliphatic rings. The van der Waals surface area contributed by atoms with E-state index in [0.29, 0.717) is 6.42 Å². The number of thiophene rings is 1. The van der Waals surface area contributed by atoms with Crippen molar-refractivity contribution in [3.8, 4) is 0 Å². The van der Waals surface area contributed by atoms with Gasteiger partial charge in [-0.15, -0.1) is 11.3 Å². The predicted octanol–water partition coefficient (Wildman–Crippen LogP) is 4.55. The van der Waals surface area contributed by atoms with Gasteiger partial charge in [0.2, 0.25) is 0 Å². The van der Waals surface area contributed by atoms with Gasteiger partial charge in [-0.3, -0.25) is 0 Å². The van der Waals surface area contributed by atoms with Crippen molar-refractivity contribution in [1.82, 2.24) is 0 Å². The van der Waals surface area contributed by atoms with Crippen LogP contribution in [0.2, 0.25) is 0 Å². The Balaban J connectivity index is 2.08. The minimum atomic E-state index is -0.432. The average Bonchev–Trinajstić information content (AvgIpc) is 2.65. The number of halogens is 2. The van der Waals surface area contributed by atoms with E-state index in [-0.39, 0.29) is 0 Å². The third-order valence-electron chi connectivity index (χ3n) is 2.28. The highest BCUT2D eigenvalue weighted by Crippen LogP contribution is 2.27. The fourth-order valence-corrected chi connectivity index (χ4v) is 3.24. The molecule has 0 radical (unpaired) electrons. The largest absolute Gasteiger partial charge is 0.388 e. The van der Waals surface area contributed by atoms with E-state index >= 15 is 0 Å². The molecule has 0 saturated heterocycles. The standard InChI is InChI=1S/C12H10Br2OS/c13-9-3-1-8(2-4-9)11(15)7-10-5-6-12(14)16-10/h1-6,11,15H,7H2. The van der Waals surface area contributed by atoms with Gasteiger partial charge in [-0.25, -0.2) is 0 Å². The Hall–Kier alpha value is -0.160. The maximum absolute atomic E-state index is 10.1. The Morgan fingerprint density at radius 1 is 1.06 bits per heavy atom. The molecule has 1 unspecified atom stereocenters. The monoisotopic (exact) mass is 360 g/mol. The molecule has 2 rings (SSSR count). The third kappa shape index (κ3) is 3.17. The van der Waals surface area contributed by atoms with Gasteiger partial charge in [-0.1, -0.05) is 28.1 Å². The first-order chi connectivity index (χ1) is 7.65. The summed E-state index contributed by atoms with van der Waals surface area (Å²) in [6, 6.07) is 11.8. The van der Waals surface area contributed by atoms with E-state index in [1.165, 1.54) is 4.88 Å². The number of benzene rings is 1. The van der Waals surface area contributed by atoms with Crippen LogP contribution in [0.5, 0.6) is 0 Å². The van der Waals surface area contributed by atoms with Crippen molar-refractivity contribution < 1.29 is 5.11 Å². The van der Waals surface area contributed by atoms with Crippen molar-refractivity contribution in [2.45, 2.75) is 12.5 Å². The quantitative estimate of drug-likeness (QED) is 0.850. The minimum Gasteiger partial charge on any atom is -0.388 e. The van der Waals surface area contributed by atoms with E-state index in [4.69, 9.17) is 0 Å². The fourth-order valence-electron chi connectivity index (χ4n) is 1.45. The van der Waals surface area contributed by atoms with Crippen LogP contribution in [0.1, 0.15) is 16.5 Å². The minimum absolute atomic E-state index is 0.432. The summed E-state index contributed by atoms with van der Waals surface area (Å²) >= 11 is 8.46. The first kappa shape index (κ1) is 12.3. The zero-order chi connectivity index (χ0) is 11.5. The number of aliphatic hydroxyl groups excluding tert-OH is 1. The third-order valence-corrected chi connectivity index (χ3v) is 4.45. The Morgan fingerprint density at radius 3 is 2.31 bits per heavy atom. The molecular formula is C12H10Br2OS. The first-order valence-corrected chi connectivity index (χ1v) is 7.23. The van der Waals surface area contributed by atoms with Gasteiger partial charge in [0.15, 0.2) is 0 Å². The highest BCUT2D eigenvalue weighted by molar-refractivity contribution is 9.11. The Kier molecular flexibility index (Phi) is 4.19. The van der Waals surface area contributed by atoms with Gasteiger partial charge < -0.3 is 5.11 Å². The summed E-state index contributed by atoms with van der Waals surface area (Å²) in [6.07, 6.45) is 0.233. The van der Waals surface area contributed by atoms with Crippen LogP contribution in [0, 0.1) is 0 Å². The summed E-state index contributed by atoms with van der Waals surface area (Å²) < 4.78 is 2.13. The van der Waals surface area contributed by atoms with Crippen molar-refractivity contribution in [2.75, 3.05) is 0 Å². The van der Waals surface area contributed by atoms with E-state index in [9.17, 15) is 5.11 Å². The molecule has 1 aromatic heterocycles. The van der Waals surface area contributed by atoms with E-state index in [1.54, 1.807) is 11.3 Å². The second kappa shape index (κ2) is 5.45. The van der Waals surface area contributed by atoms with E-state index < -0.39 is 6.10 Å². The van der Waals surface area contributed by atoms with E-state index in [0.717, 1.165) is 13.8 Å². The van der Waals surface area contributed by atoms with Gasteiger partial charge in [0.1, 0.15) is 0 Å². The topological polar surface area (TPSA) is 20.2 Å². The van der Waals surface area contributed by atoms with Crippen molar-refractivity contribution in [1.29, 1.82) is 0 Å². The Morgan fingerprint density at radius 2 is 1.75 bits per heavy atom. The van der Waals surface area contributed by atoms with Gasteiger partial charge in [0.05, 0.1) is 9.89 Å². The molecule has 0 aliphatic heterocycles. The van der Waals surface area contributed by atoms with Crippen LogP contribution < -0.4 is 0 Å². The number of hydrogen-bond acceptors (Lipinski definition) is 2. The summed E-state index contributed by atoms with van der Waals surface area (Å²) in [5, 5.41) is 10.1. The molecule has 0 spiro atoms. The lowest BCUT2D eigenvalue weighted by molar-refractivity contribution is 0.179. The van der Waals surface area contributed by atoms with Crippen LogP contribution in [0.25, 0.3) is 0 Å². The lowest BCUT2D eigenvalue weighted by Gasteiger charge is -2.09. The second-order valence-electron chi connectivity index (χ2n) is 3.48. The van der Waals surface area contributed by atoms with Gasteiger partial charge in [0.25, 0.3) is 0 Å². The molecular weight excluding hydrogens is 352 g/mol. The van der Waals surface area contributed by atoms with Crippen molar-refractivity contribution in [2.24, 2.45) is 0 Å². The lowest BCUT2D eigenvalue weighted by atomic mass is 10.1. The SMILES string of the molecule is OC(Cc1ccc(Br)s1)c1ccc(Br)cc1. The first-order valence-electron chi connectivity index (χ1n) is 4.83. The van der Waals surface area contributed by atoms with Gasteiger partial charge >= 0.3 is 0 Å². The lowest BCUT2D eigenvalue weighted by Crippen LogP contribution is -1.99. The molecule has 84 valence electrons. The molecule has 16 heavy (non-hydrogen) atoms. The maximum atomic E-state index is 10.1. The predicted molar refractivity (Wildman–Crippen MR) is 74.8 cm³/mol. The van der Waals surface area contributed by atoms with Crippen LogP contribution in [0.15, 0.2) is 44.7 Å². The van der Waals surface area contributed by atoms with E-state index in [2.05, 4.69) is 31.9 Å². The number of hydrogen-bond donors (Lipinski definition) is 1. The molecule has 1 heterocycles. The molecule has 0 amide bonds. The van der Waals surface area contributed by atoms with Gasteiger partial charge in [-0.2, -0.15) is 0 Å². The van der Waals surface area contributed by atoms with Crippen LogP contribution in [-0.4, -0.2) is 5.11 Å². The molecule has 0 fully saturated rings. The fraction of sp³-hybridized carbons (Fsp3) is 0.167.